The molecule has 0 saturated carbocycles. The number of benzene rings is 2. The summed E-state index contributed by atoms with van der Waals surface area (Å²) in [4.78, 5) is 24.2. The second kappa shape index (κ2) is 6.91. The molecule has 1 N–H and O–H groups in total. The molecule has 0 heterocycles. The first-order valence-electron chi connectivity index (χ1n) is 6.33. The highest BCUT2D eigenvalue weighted by Gasteiger charge is 2.10. The molecule has 102 valence electrons. The maximum absolute atomic E-state index is 12.1. The zero-order valence-electron chi connectivity index (χ0n) is 11.1. The molecule has 0 aromatic heterocycles. The van der Waals surface area contributed by atoms with Crippen molar-refractivity contribution in [3.8, 4) is 0 Å². The lowest BCUT2D eigenvalue weighted by atomic mass is 10.1. The van der Waals surface area contributed by atoms with Gasteiger partial charge in [-0.25, -0.2) is 0 Å². The lowest BCUT2D eigenvalue weighted by Crippen LogP contribution is -2.13. The summed E-state index contributed by atoms with van der Waals surface area (Å²) in [6, 6.07) is 14.4. The fourth-order valence-electron chi connectivity index (χ4n) is 1.81. The Kier molecular flexibility index (Phi) is 4.96. The number of rotatable bonds is 5. The number of carbonyl (C=O) groups excluding carboxylic acids is 2. The highest BCUT2D eigenvalue weighted by Crippen LogP contribution is 2.20. The number of hydrogen-bond acceptors (Lipinski definition) is 3. The molecule has 2 aromatic rings. The van der Waals surface area contributed by atoms with Gasteiger partial charge < -0.3 is 5.32 Å². The maximum Gasteiger partial charge on any atom is 0.256 e. The highest BCUT2D eigenvalue weighted by molar-refractivity contribution is 7.99. The van der Waals surface area contributed by atoms with Crippen LogP contribution in [-0.4, -0.2) is 17.9 Å². The maximum atomic E-state index is 12.1. The normalized spacial score (nSPS) is 10.1. The SMILES string of the molecule is CCSc1ccc(NC(=O)c2ccccc2C=O)cc1. The van der Waals surface area contributed by atoms with Gasteiger partial charge in [-0.15, -0.1) is 11.8 Å². The summed E-state index contributed by atoms with van der Waals surface area (Å²) >= 11 is 1.75. The Hall–Kier alpha value is -2.07. The van der Waals surface area contributed by atoms with Crippen molar-refractivity contribution in [1.29, 1.82) is 0 Å². The van der Waals surface area contributed by atoms with E-state index >= 15 is 0 Å². The van der Waals surface area contributed by atoms with Crippen LogP contribution in [0.2, 0.25) is 0 Å². The van der Waals surface area contributed by atoms with E-state index in [1.807, 2.05) is 24.3 Å². The fourth-order valence-corrected chi connectivity index (χ4v) is 2.47. The molecule has 0 atom stereocenters. The molecule has 0 spiro atoms. The standard InChI is InChI=1S/C16H15NO2S/c1-2-20-14-9-7-13(8-10-14)17-16(19)15-6-4-3-5-12(15)11-18/h3-11H,2H2,1H3,(H,17,19). The Morgan fingerprint density at radius 3 is 2.50 bits per heavy atom. The van der Waals surface area contributed by atoms with E-state index in [9.17, 15) is 9.59 Å². The van der Waals surface area contributed by atoms with Crippen molar-refractivity contribution in [3.63, 3.8) is 0 Å². The van der Waals surface area contributed by atoms with Crippen LogP contribution in [0.4, 0.5) is 5.69 Å². The number of amides is 1. The van der Waals surface area contributed by atoms with Crippen molar-refractivity contribution in [2.24, 2.45) is 0 Å². The minimum absolute atomic E-state index is 0.274. The molecule has 0 aliphatic rings. The summed E-state index contributed by atoms with van der Waals surface area (Å²) in [5, 5.41) is 2.80. The van der Waals surface area contributed by atoms with Crippen molar-refractivity contribution >= 4 is 29.6 Å². The van der Waals surface area contributed by atoms with Crippen LogP contribution in [0, 0.1) is 0 Å². The Balaban J connectivity index is 2.13. The largest absolute Gasteiger partial charge is 0.322 e. The van der Waals surface area contributed by atoms with Gasteiger partial charge in [0.25, 0.3) is 5.91 Å². The van der Waals surface area contributed by atoms with Crippen LogP contribution in [-0.2, 0) is 0 Å². The molecule has 0 aliphatic heterocycles. The van der Waals surface area contributed by atoms with E-state index in [1.165, 1.54) is 4.90 Å². The van der Waals surface area contributed by atoms with Gasteiger partial charge in [0.15, 0.2) is 6.29 Å². The van der Waals surface area contributed by atoms with E-state index in [2.05, 4.69) is 12.2 Å². The number of anilines is 1. The molecule has 0 radical (unpaired) electrons. The summed E-state index contributed by atoms with van der Waals surface area (Å²) in [7, 11) is 0. The number of nitrogens with one attached hydrogen (secondary N) is 1. The van der Waals surface area contributed by atoms with Crippen LogP contribution in [0.3, 0.4) is 0 Å². The van der Waals surface area contributed by atoms with Gasteiger partial charge in [-0.05, 0) is 36.1 Å². The van der Waals surface area contributed by atoms with Gasteiger partial charge in [-0.2, -0.15) is 0 Å². The van der Waals surface area contributed by atoms with Crippen LogP contribution in [0.1, 0.15) is 27.6 Å². The topological polar surface area (TPSA) is 46.2 Å². The fraction of sp³-hybridized carbons (Fsp3) is 0.125. The van der Waals surface area contributed by atoms with E-state index in [4.69, 9.17) is 0 Å². The summed E-state index contributed by atoms with van der Waals surface area (Å²) in [5.74, 6) is 0.738. The average Bonchev–Trinajstić information content (AvgIpc) is 2.49. The third-order valence-corrected chi connectivity index (χ3v) is 3.65. The van der Waals surface area contributed by atoms with Crippen LogP contribution in [0.15, 0.2) is 53.4 Å². The molecule has 2 aromatic carbocycles. The van der Waals surface area contributed by atoms with E-state index in [0.29, 0.717) is 17.4 Å². The molecule has 0 aliphatic carbocycles. The average molecular weight is 285 g/mol. The van der Waals surface area contributed by atoms with E-state index in [-0.39, 0.29) is 5.91 Å². The van der Waals surface area contributed by atoms with Gasteiger partial charge in [0.05, 0.1) is 5.56 Å². The lowest BCUT2D eigenvalue weighted by molar-refractivity contribution is 0.101. The molecule has 1 amide bonds. The molecule has 0 fully saturated rings. The van der Waals surface area contributed by atoms with E-state index in [1.54, 1.807) is 36.0 Å². The van der Waals surface area contributed by atoms with Gasteiger partial charge in [-0.1, -0.05) is 25.1 Å². The second-order valence-corrected chi connectivity index (χ2v) is 5.45. The summed E-state index contributed by atoms with van der Waals surface area (Å²) < 4.78 is 0. The Morgan fingerprint density at radius 1 is 1.15 bits per heavy atom. The Labute approximate surface area is 122 Å². The lowest BCUT2D eigenvalue weighted by Gasteiger charge is -2.07. The summed E-state index contributed by atoms with van der Waals surface area (Å²) in [6.07, 6.45) is 0.690. The first kappa shape index (κ1) is 14.3. The second-order valence-electron chi connectivity index (χ2n) is 4.12. The van der Waals surface area contributed by atoms with E-state index in [0.717, 1.165) is 11.4 Å². The third-order valence-electron chi connectivity index (χ3n) is 2.76. The monoisotopic (exact) mass is 285 g/mol. The smallest absolute Gasteiger partial charge is 0.256 e. The number of carbonyl (C=O) groups is 2. The molecule has 2 rings (SSSR count). The third kappa shape index (κ3) is 3.48. The highest BCUT2D eigenvalue weighted by atomic mass is 32.2. The molecule has 0 bridgehead atoms. The molecule has 0 saturated heterocycles. The molecule has 0 unspecified atom stereocenters. The number of aldehydes is 1. The van der Waals surface area contributed by atoms with Crippen molar-refractivity contribution < 1.29 is 9.59 Å². The van der Waals surface area contributed by atoms with Crippen LogP contribution in [0.25, 0.3) is 0 Å². The van der Waals surface area contributed by atoms with Gasteiger partial charge >= 0.3 is 0 Å². The first-order valence-corrected chi connectivity index (χ1v) is 7.31. The van der Waals surface area contributed by atoms with Crippen molar-refractivity contribution in [1.82, 2.24) is 0 Å². The van der Waals surface area contributed by atoms with Gasteiger partial charge in [0, 0.05) is 16.1 Å². The molecule has 20 heavy (non-hydrogen) atoms. The molecule has 4 heteroatoms. The Morgan fingerprint density at radius 2 is 1.85 bits per heavy atom. The zero-order chi connectivity index (χ0) is 14.4. The minimum Gasteiger partial charge on any atom is -0.322 e. The molecular weight excluding hydrogens is 270 g/mol. The molecule has 3 nitrogen and oxygen atoms in total. The molecular formula is C16H15NO2S. The van der Waals surface area contributed by atoms with Crippen LogP contribution in [0.5, 0.6) is 0 Å². The van der Waals surface area contributed by atoms with Gasteiger partial charge in [0.1, 0.15) is 0 Å². The van der Waals surface area contributed by atoms with Gasteiger partial charge in [0.2, 0.25) is 0 Å². The number of hydrogen-bond donors (Lipinski definition) is 1. The Bertz CT molecular complexity index is 608. The predicted molar refractivity (Wildman–Crippen MR) is 82.6 cm³/mol. The van der Waals surface area contributed by atoms with Crippen molar-refractivity contribution in [2.75, 3.05) is 11.1 Å². The van der Waals surface area contributed by atoms with Crippen LogP contribution < -0.4 is 5.32 Å². The predicted octanol–water partition coefficient (Wildman–Crippen LogP) is 3.86. The van der Waals surface area contributed by atoms with Gasteiger partial charge in [-0.3, -0.25) is 9.59 Å². The number of thioether (sulfide) groups is 1. The zero-order valence-corrected chi connectivity index (χ0v) is 11.9. The minimum atomic E-state index is -0.274. The van der Waals surface area contributed by atoms with Crippen molar-refractivity contribution in [3.05, 3.63) is 59.7 Å². The summed E-state index contributed by atoms with van der Waals surface area (Å²) in [5.41, 5.74) is 1.49. The van der Waals surface area contributed by atoms with Crippen LogP contribution >= 0.6 is 11.8 Å². The van der Waals surface area contributed by atoms with E-state index < -0.39 is 0 Å². The first-order chi connectivity index (χ1) is 9.74. The summed E-state index contributed by atoms with van der Waals surface area (Å²) in [6.45, 7) is 2.09. The quantitative estimate of drug-likeness (QED) is 0.670. The van der Waals surface area contributed by atoms with Crippen molar-refractivity contribution in [2.45, 2.75) is 11.8 Å².